The van der Waals surface area contributed by atoms with E-state index in [9.17, 15) is 0 Å². The van der Waals surface area contributed by atoms with Gasteiger partial charge in [-0.3, -0.25) is 0 Å². The van der Waals surface area contributed by atoms with Crippen LogP contribution in [0.15, 0.2) is 24.3 Å². The summed E-state index contributed by atoms with van der Waals surface area (Å²) in [5.74, 6) is 1.48. The Hall–Kier alpha value is -1.49. The number of unbranched alkanes of at least 4 members (excludes halogenated alkanes) is 1. The lowest BCUT2D eigenvalue weighted by Gasteiger charge is -2.08. The normalized spacial score (nSPS) is 10.1. The van der Waals surface area contributed by atoms with Crippen LogP contribution < -0.4 is 4.74 Å². The van der Waals surface area contributed by atoms with Crippen LogP contribution in [0.5, 0.6) is 5.75 Å². The molecule has 0 aromatic heterocycles. The quantitative estimate of drug-likeness (QED) is 0.682. The van der Waals surface area contributed by atoms with Gasteiger partial charge in [0.2, 0.25) is 0 Å². The first kappa shape index (κ1) is 12.6. The summed E-state index contributed by atoms with van der Waals surface area (Å²) in [6, 6.07) is 10.3. The first-order valence-electron chi connectivity index (χ1n) is 5.81. The SMILES string of the molecule is CC(C)COc1ccc(CCCC#N)cc1. The summed E-state index contributed by atoms with van der Waals surface area (Å²) < 4.78 is 5.60. The van der Waals surface area contributed by atoms with Crippen molar-refractivity contribution in [1.82, 2.24) is 0 Å². The zero-order valence-corrected chi connectivity index (χ0v) is 10.1. The predicted molar refractivity (Wildman–Crippen MR) is 65.3 cm³/mol. The molecule has 0 unspecified atom stereocenters. The smallest absolute Gasteiger partial charge is 0.119 e. The lowest BCUT2D eigenvalue weighted by molar-refractivity contribution is 0.271. The van der Waals surface area contributed by atoms with Crippen molar-refractivity contribution in [3.05, 3.63) is 29.8 Å². The number of benzene rings is 1. The lowest BCUT2D eigenvalue weighted by atomic mass is 10.1. The molecule has 0 amide bonds. The van der Waals surface area contributed by atoms with E-state index in [1.165, 1.54) is 5.56 Å². The number of aryl methyl sites for hydroxylation is 1. The van der Waals surface area contributed by atoms with E-state index in [-0.39, 0.29) is 0 Å². The molecule has 1 aromatic rings. The Morgan fingerprint density at radius 2 is 1.94 bits per heavy atom. The van der Waals surface area contributed by atoms with Gasteiger partial charge < -0.3 is 4.74 Å². The van der Waals surface area contributed by atoms with Gasteiger partial charge in [0.25, 0.3) is 0 Å². The third-order valence-corrected chi connectivity index (χ3v) is 2.26. The average Bonchev–Trinajstić information content (AvgIpc) is 2.28. The summed E-state index contributed by atoms with van der Waals surface area (Å²) in [7, 11) is 0. The van der Waals surface area contributed by atoms with E-state index in [0.29, 0.717) is 12.3 Å². The number of nitriles is 1. The largest absolute Gasteiger partial charge is 0.493 e. The molecule has 0 bridgehead atoms. The molecule has 0 radical (unpaired) electrons. The average molecular weight is 217 g/mol. The molecule has 0 fully saturated rings. The maximum atomic E-state index is 8.44. The van der Waals surface area contributed by atoms with Crippen LogP contribution in [0.3, 0.4) is 0 Å². The van der Waals surface area contributed by atoms with Crippen LogP contribution in [0.1, 0.15) is 32.3 Å². The molecule has 2 heteroatoms. The highest BCUT2D eigenvalue weighted by molar-refractivity contribution is 5.27. The van der Waals surface area contributed by atoms with Crippen LogP contribution in [-0.4, -0.2) is 6.61 Å². The Morgan fingerprint density at radius 1 is 1.25 bits per heavy atom. The molecule has 2 nitrogen and oxygen atoms in total. The molecule has 0 aliphatic heterocycles. The fraction of sp³-hybridized carbons (Fsp3) is 0.500. The first-order valence-corrected chi connectivity index (χ1v) is 5.81. The minimum Gasteiger partial charge on any atom is -0.493 e. The van der Waals surface area contributed by atoms with E-state index in [0.717, 1.165) is 25.2 Å². The summed E-state index contributed by atoms with van der Waals surface area (Å²) in [4.78, 5) is 0. The second kappa shape index (κ2) is 6.90. The number of ether oxygens (including phenoxy) is 1. The van der Waals surface area contributed by atoms with Crippen LogP contribution in [0, 0.1) is 17.2 Å². The summed E-state index contributed by atoms with van der Waals surface area (Å²) >= 11 is 0. The van der Waals surface area contributed by atoms with Crippen LogP contribution in [0.2, 0.25) is 0 Å². The van der Waals surface area contributed by atoms with Crippen molar-refractivity contribution >= 4 is 0 Å². The van der Waals surface area contributed by atoms with Crippen LogP contribution in [0.25, 0.3) is 0 Å². The van der Waals surface area contributed by atoms with Crippen LogP contribution in [-0.2, 0) is 6.42 Å². The Bertz CT molecular complexity index is 335. The fourth-order valence-electron chi connectivity index (χ4n) is 1.39. The van der Waals surface area contributed by atoms with Crippen molar-refractivity contribution < 1.29 is 4.74 Å². The van der Waals surface area contributed by atoms with Gasteiger partial charge in [-0.2, -0.15) is 5.26 Å². The van der Waals surface area contributed by atoms with E-state index >= 15 is 0 Å². The molecule has 0 saturated carbocycles. The molecule has 0 N–H and O–H groups in total. The molecule has 0 aliphatic carbocycles. The maximum Gasteiger partial charge on any atom is 0.119 e. The van der Waals surface area contributed by atoms with Gasteiger partial charge in [-0.05, 0) is 36.5 Å². The summed E-state index contributed by atoms with van der Waals surface area (Å²) in [5.41, 5.74) is 1.27. The Labute approximate surface area is 97.9 Å². The van der Waals surface area contributed by atoms with Gasteiger partial charge in [-0.15, -0.1) is 0 Å². The van der Waals surface area contributed by atoms with Gasteiger partial charge in [-0.1, -0.05) is 26.0 Å². The molecule has 1 rings (SSSR count). The Balaban J connectivity index is 2.39. The third kappa shape index (κ3) is 4.84. The maximum absolute atomic E-state index is 8.44. The van der Waals surface area contributed by atoms with E-state index in [4.69, 9.17) is 10.00 Å². The standard InChI is InChI=1S/C14H19NO/c1-12(2)11-16-14-8-6-13(7-9-14)5-3-4-10-15/h6-9,12H,3-5,11H2,1-2H3. The van der Waals surface area contributed by atoms with Gasteiger partial charge in [0.15, 0.2) is 0 Å². The van der Waals surface area contributed by atoms with Crippen molar-refractivity contribution in [3.63, 3.8) is 0 Å². The van der Waals surface area contributed by atoms with Gasteiger partial charge in [0, 0.05) is 6.42 Å². The Kier molecular flexibility index (Phi) is 5.42. The van der Waals surface area contributed by atoms with Gasteiger partial charge in [-0.25, -0.2) is 0 Å². The predicted octanol–water partition coefficient (Wildman–Crippen LogP) is 3.57. The zero-order chi connectivity index (χ0) is 11.8. The number of nitrogens with zero attached hydrogens (tertiary/aromatic N) is 1. The van der Waals surface area contributed by atoms with Crippen molar-refractivity contribution in [1.29, 1.82) is 5.26 Å². The van der Waals surface area contributed by atoms with Crippen LogP contribution >= 0.6 is 0 Å². The third-order valence-electron chi connectivity index (χ3n) is 2.26. The van der Waals surface area contributed by atoms with E-state index in [1.807, 2.05) is 12.1 Å². The molecule has 86 valence electrons. The molecule has 0 heterocycles. The van der Waals surface area contributed by atoms with Crippen molar-refractivity contribution in [2.45, 2.75) is 33.1 Å². The molecule has 0 saturated heterocycles. The minimum absolute atomic E-state index is 0.551. The number of hydrogen-bond acceptors (Lipinski definition) is 2. The van der Waals surface area contributed by atoms with Crippen molar-refractivity contribution in [2.24, 2.45) is 5.92 Å². The topological polar surface area (TPSA) is 33.0 Å². The molecule has 0 aliphatic rings. The van der Waals surface area contributed by atoms with Crippen molar-refractivity contribution in [2.75, 3.05) is 6.61 Å². The first-order chi connectivity index (χ1) is 7.72. The van der Waals surface area contributed by atoms with E-state index in [2.05, 4.69) is 32.0 Å². The minimum atomic E-state index is 0.551. The van der Waals surface area contributed by atoms with Crippen LogP contribution in [0.4, 0.5) is 0 Å². The van der Waals surface area contributed by atoms with Gasteiger partial charge in [0.1, 0.15) is 5.75 Å². The fourth-order valence-corrected chi connectivity index (χ4v) is 1.39. The highest BCUT2D eigenvalue weighted by Gasteiger charge is 1.98. The molecular weight excluding hydrogens is 198 g/mol. The lowest BCUT2D eigenvalue weighted by Crippen LogP contribution is -2.04. The summed E-state index contributed by atoms with van der Waals surface area (Å²) in [6.45, 7) is 5.03. The Morgan fingerprint density at radius 3 is 2.50 bits per heavy atom. The van der Waals surface area contributed by atoms with E-state index in [1.54, 1.807) is 0 Å². The molecule has 0 spiro atoms. The number of rotatable bonds is 6. The second-order valence-electron chi connectivity index (χ2n) is 4.36. The highest BCUT2D eigenvalue weighted by atomic mass is 16.5. The monoisotopic (exact) mass is 217 g/mol. The highest BCUT2D eigenvalue weighted by Crippen LogP contribution is 2.14. The van der Waals surface area contributed by atoms with Crippen molar-refractivity contribution in [3.8, 4) is 11.8 Å². The molecule has 0 atom stereocenters. The summed E-state index contributed by atoms with van der Waals surface area (Å²) in [5, 5.41) is 8.44. The zero-order valence-electron chi connectivity index (χ0n) is 10.1. The molecule has 1 aromatic carbocycles. The second-order valence-corrected chi connectivity index (χ2v) is 4.36. The van der Waals surface area contributed by atoms with E-state index < -0.39 is 0 Å². The molecule has 16 heavy (non-hydrogen) atoms. The summed E-state index contributed by atoms with van der Waals surface area (Å²) in [6.07, 6.45) is 2.53. The molecular formula is C14H19NO. The van der Waals surface area contributed by atoms with Gasteiger partial charge >= 0.3 is 0 Å². The number of hydrogen-bond donors (Lipinski definition) is 0. The van der Waals surface area contributed by atoms with Gasteiger partial charge in [0.05, 0.1) is 12.7 Å².